The monoisotopic (exact) mass is 479 g/mol. The highest BCUT2D eigenvalue weighted by Gasteiger charge is 2.48. The number of nitrogens with zero attached hydrogens (tertiary/aromatic N) is 3. The van der Waals surface area contributed by atoms with Crippen LogP contribution in [0.4, 0.5) is 5.69 Å². The highest BCUT2D eigenvalue weighted by Crippen LogP contribution is 2.46. The zero-order valence-electron chi connectivity index (χ0n) is 20.9. The molecule has 4 fully saturated rings. The second-order valence-electron chi connectivity index (χ2n) is 11.0. The Morgan fingerprint density at radius 2 is 1.94 bits per heavy atom. The largest absolute Gasteiger partial charge is 0.497 e. The van der Waals surface area contributed by atoms with Crippen molar-refractivity contribution in [3.05, 3.63) is 29.8 Å². The van der Waals surface area contributed by atoms with Gasteiger partial charge in [-0.3, -0.25) is 14.5 Å². The van der Waals surface area contributed by atoms with E-state index in [1.165, 1.54) is 37.8 Å². The van der Waals surface area contributed by atoms with Gasteiger partial charge >= 0.3 is 0 Å². The molecule has 5 atom stereocenters. The van der Waals surface area contributed by atoms with Crippen LogP contribution in [0.5, 0.6) is 11.5 Å². The Hall–Kier alpha value is -2.54. The predicted octanol–water partition coefficient (Wildman–Crippen LogP) is 3.48. The van der Waals surface area contributed by atoms with E-state index in [-0.39, 0.29) is 30.2 Å². The number of carbonyl (C=O) groups excluding carboxylic acids is 2. The molecule has 2 bridgehead atoms. The maximum Gasteiger partial charge on any atom is 0.228 e. The van der Waals surface area contributed by atoms with Crippen LogP contribution in [0.2, 0.25) is 0 Å². The zero-order valence-corrected chi connectivity index (χ0v) is 20.9. The predicted molar refractivity (Wildman–Crippen MR) is 134 cm³/mol. The van der Waals surface area contributed by atoms with Crippen molar-refractivity contribution in [2.75, 3.05) is 45.3 Å². The lowest BCUT2D eigenvalue weighted by Gasteiger charge is -2.55. The Morgan fingerprint density at radius 3 is 2.77 bits per heavy atom. The van der Waals surface area contributed by atoms with E-state index in [1.807, 2.05) is 12.1 Å². The Morgan fingerprint density at radius 1 is 1.06 bits per heavy atom. The van der Waals surface area contributed by atoms with Crippen LogP contribution >= 0.6 is 0 Å². The number of hydrogen-bond acceptors (Lipinski definition) is 5. The summed E-state index contributed by atoms with van der Waals surface area (Å²) >= 11 is 0. The first-order chi connectivity index (χ1) is 17.1. The molecule has 7 heteroatoms. The third kappa shape index (κ3) is 3.92. The van der Waals surface area contributed by atoms with Crippen LogP contribution in [0.3, 0.4) is 0 Å². The summed E-state index contributed by atoms with van der Waals surface area (Å²) in [6.45, 7) is 3.54. The van der Waals surface area contributed by atoms with Crippen LogP contribution in [0.25, 0.3) is 0 Å². The van der Waals surface area contributed by atoms with Crippen molar-refractivity contribution in [1.29, 1.82) is 0 Å². The third-order valence-electron chi connectivity index (χ3n) is 9.09. The molecule has 0 radical (unpaired) electrons. The van der Waals surface area contributed by atoms with Crippen LogP contribution in [-0.4, -0.2) is 74.1 Å². The first-order valence-electron chi connectivity index (χ1n) is 13.3. The van der Waals surface area contributed by atoms with E-state index in [2.05, 4.69) is 15.9 Å². The highest BCUT2D eigenvalue weighted by molar-refractivity contribution is 6.01. The molecule has 0 unspecified atom stereocenters. The Kier molecular flexibility index (Phi) is 5.99. The summed E-state index contributed by atoms with van der Waals surface area (Å²) in [7, 11) is 3.20. The number of methoxy groups -OCH3 is 2. The highest BCUT2D eigenvalue weighted by atomic mass is 16.5. The SMILES string of the molecule is COc1ccc(N2C[C@H](C(=O)N3CCCC4=C[C@H]5C[C@@H](CN6CCCC[C@H]56)[C@H]43)CC2=O)c(OC)c1. The van der Waals surface area contributed by atoms with Crippen LogP contribution in [0.1, 0.15) is 44.9 Å². The minimum Gasteiger partial charge on any atom is -0.497 e. The number of benzene rings is 1. The standard InChI is InChI=1S/C28H37N3O4/c1-34-22-8-9-24(25(15-22)35-2)31-17-21(14-26(31)32)28(33)30-11-5-6-18-12-19-13-20(27(18)30)16-29-10-4-3-7-23(19)29/h8-9,12,15,19-21,23,27H,3-7,10-11,13-14,16-17H2,1-2H3/t19-,20-,21+,23+,27-/m0/s1. The molecule has 0 saturated carbocycles. The topological polar surface area (TPSA) is 62.3 Å². The summed E-state index contributed by atoms with van der Waals surface area (Å²) in [5.74, 6) is 2.27. The number of ether oxygens (including phenoxy) is 2. The molecule has 4 aliphatic heterocycles. The zero-order chi connectivity index (χ0) is 24.1. The summed E-state index contributed by atoms with van der Waals surface area (Å²) < 4.78 is 10.8. The smallest absolute Gasteiger partial charge is 0.228 e. The van der Waals surface area contributed by atoms with Crippen LogP contribution in [0.15, 0.2) is 29.8 Å². The van der Waals surface area contributed by atoms with E-state index in [4.69, 9.17) is 9.47 Å². The average Bonchev–Trinajstić information content (AvgIpc) is 3.28. The molecular formula is C28H37N3O4. The molecule has 5 aliphatic rings. The summed E-state index contributed by atoms with van der Waals surface area (Å²) in [6.07, 6.45) is 10.1. The number of likely N-dealkylation sites (tertiary alicyclic amines) is 1. The number of rotatable bonds is 4. The van der Waals surface area contributed by atoms with Gasteiger partial charge in [-0.25, -0.2) is 0 Å². The van der Waals surface area contributed by atoms with E-state index in [9.17, 15) is 9.59 Å². The van der Waals surface area contributed by atoms with Gasteiger partial charge in [0.05, 0.1) is 31.9 Å². The van der Waals surface area contributed by atoms with Gasteiger partial charge < -0.3 is 19.3 Å². The summed E-state index contributed by atoms with van der Waals surface area (Å²) in [4.78, 5) is 33.6. The van der Waals surface area contributed by atoms with Gasteiger partial charge in [0.15, 0.2) is 0 Å². The average molecular weight is 480 g/mol. The van der Waals surface area contributed by atoms with Gasteiger partial charge in [0.1, 0.15) is 11.5 Å². The lowest BCUT2D eigenvalue weighted by atomic mass is 9.68. The maximum atomic E-state index is 13.9. The van der Waals surface area contributed by atoms with Crippen molar-refractivity contribution in [3.8, 4) is 11.5 Å². The molecule has 1 aromatic rings. The van der Waals surface area contributed by atoms with Gasteiger partial charge in [-0.15, -0.1) is 0 Å². The maximum absolute atomic E-state index is 13.9. The third-order valence-corrected chi connectivity index (χ3v) is 9.09. The molecule has 7 nitrogen and oxygen atoms in total. The fourth-order valence-corrected chi connectivity index (χ4v) is 7.57. The molecule has 4 heterocycles. The molecule has 188 valence electrons. The van der Waals surface area contributed by atoms with E-state index in [0.717, 1.165) is 25.9 Å². The summed E-state index contributed by atoms with van der Waals surface area (Å²) in [6, 6.07) is 6.39. The minimum atomic E-state index is -0.308. The second kappa shape index (κ2) is 9.16. The Bertz CT molecular complexity index is 1040. The number of amides is 2. The first kappa shape index (κ1) is 22.9. The van der Waals surface area contributed by atoms with E-state index < -0.39 is 0 Å². The van der Waals surface area contributed by atoms with Crippen LogP contribution in [0, 0.1) is 17.8 Å². The van der Waals surface area contributed by atoms with E-state index in [1.54, 1.807) is 25.2 Å². The van der Waals surface area contributed by atoms with Crippen molar-refractivity contribution < 1.29 is 19.1 Å². The van der Waals surface area contributed by atoms with Crippen molar-refractivity contribution in [2.24, 2.45) is 17.8 Å². The Labute approximate surface area is 208 Å². The van der Waals surface area contributed by atoms with Gasteiger partial charge in [-0.05, 0) is 62.6 Å². The van der Waals surface area contributed by atoms with Crippen molar-refractivity contribution in [2.45, 2.75) is 57.0 Å². The number of fused-ring (bicyclic) bond motifs is 6. The first-order valence-corrected chi connectivity index (χ1v) is 13.3. The van der Waals surface area contributed by atoms with Gasteiger partial charge in [-0.1, -0.05) is 18.1 Å². The van der Waals surface area contributed by atoms with Gasteiger partial charge in [-0.2, -0.15) is 0 Å². The number of carbonyl (C=O) groups is 2. The van der Waals surface area contributed by atoms with E-state index >= 15 is 0 Å². The molecular weight excluding hydrogens is 442 g/mol. The Balaban J connectivity index is 1.22. The molecule has 2 amide bonds. The molecule has 0 N–H and O–H groups in total. The quantitative estimate of drug-likeness (QED) is 0.619. The second-order valence-corrected chi connectivity index (χ2v) is 11.0. The minimum absolute atomic E-state index is 0.0166. The van der Waals surface area contributed by atoms with Gasteiger partial charge in [0.25, 0.3) is 0 Å². The summed E-state index contributed by atoms with van der Waals surface area (Å²) in [5, 5.41) is 0. The number of piperidine rings is 3. The van der Waals surface area contributed by atoms with Crippen molar-refractivity contribution in [1.82, 2.24) is 9.80 Å². The van der Waals surface area contributed by atoms with Gasteiger partial charge in [0.2, 0.25) is 11.8 Å². The number of anilines is 1. The number of hydrogen-bond donors (Lipinski definition) is 0. The lowest BCUT2D eigenvalue weighted by Crippen LogP contribution is -2.60. The summed E-state index contributed by atoms with van der Waals surface area (Å²) in [5.41, 5.74) is 2.20. The van der Waals surface area contributed by atoms with E-state index in [0.29, 0.717) is 41.6 Å². The molecule has 6 rings (SSSR count). The molecule has 0 spiro atoms. The fourth-order valence-electron chi connectivity index (χ4n) is 7.57. The fraction of sp³-hybridized carbons (Fsp3) is 0.643. The molecule has 1 aromatic carbocycles. The molecule has 0 aromatic heterocycles. The molecule has 35 heavy (non-hydrogen) atoms. The van der Waals surface area contributed by atoms with Crippen LogP contribution < -0.4 is 14.4 Å². The lowest BCUT2D eigenvalue weighted by molar-refractivity contribution is -0.140. The normalized spacial score (nSPS) is 32.6. The molecule has 4 saturated heterocycles. The van der Waals surface area contributed by atoms with Gasteiger partial charge in [0, 0.05) is 38.2 Å². The van der Waals surface area contributed by atoms with Crippen LogP contribution in [-0.2, 0) is 9.59 Å². The van der Waals surface area contributed by atoms with Crippen molar-refractivity contribution >= 4 is 17.5 Å². The molecule has 1 aliphatic carbocycles. The van der Waals surface area contributed by atoms with Crippen molar-refractivity contribution in [3.63, 3.8) is 0 Å².